The molecular formula is C16H26ClN3O. The van der Waals surface area contributed by atoms with E-state index in [1.165, 1.54) is 0 Å². The topological polar surface area (TPSA) is 35.6 Å². The Hall–Kier alpha value is -1.10. The van der Waals surface area contributed by atoms with Gasteiger partial charge in [-0.1, -0.05) is 25.1 Å². The van der Waals surface area contributed by atoms with Gasteiger partial charge in [0.2, 0.25) is 5.91 Å². The predicted octanol–water partition coefficient (Wildman–Crippen LogP) is 2.15. The fourth-order valence-electron chi connectivity index (χ4n) is 2.70. The van der Waals surface area contributed by atoms with Crippen molar-refractivity contribution in [1.82, 2.24) is 10.2 Å². The third-order valence-electron chi connectivity index (χ3n) is 3.92. The van der Waals surface area contributed by atoms with E-state index in [-0.39, 0.29) is 18.3 Å². The zero-order chi connectivity index (χ0) is 14.4. The molecule has 1 fully saturated rings. The van der Waals surface area contributed by atoms with E-state index in [0.717, 1.165) is 38.2 Å². The molecular weight excluding hydrogens is 286 g/mol. The molecule has 1 atom stereocenters. The van der Waals surface area contributed by atoms with Gasteiger partial charge in [-0.25, -0.2) is 0 Å². The van der Waals surface area contributed by atoms with Gasteiger partial charge in [-0.2, -0.15) is 0 Å². The second-order valence-corrected chi connectivity index (χ2v) is 5.41. The molecule has 2 rings (SSSR count). The minimum Gasteiger partial charge on any atom is -0.315 e. The van der Waals surface area contributed by atoms with Gasteiger partial charge in [0.25, 0.3) is 0 Å². The lowest BCUT2D eigenvalue weighted by Gasteiger charge is -2.29. The molecule has 1 unspecified atom stereocenters. The minimum atomic E-state index is 0. The summed E-state index contributed by atoms with van der Waals surface area (Å²) < 4.78 is 0. The first-order chi connectivity index (χ1) is 9.72. The van der Waals surface area contributed by atoms with Crippen LogP contribution in [0.15, 0.2) is 30.3 Å². The highest BCUT2D eigenvalue weighted by Crippen LogP contribution is 2.14. The minimum absolute atomic E-state index is 0. The summed E-state index contributed by atoms with van der Waals surface area (Å²) in [5.74, 6) is 0.163. The van der Waals surface area contributed by atoms with Crippen LogP contribution in [0, 0.1) is 0 Å². The van der Waals surface area contributed by atoms with Crippen molar-refractivity contribution in [2.75, 3.05) is 38.1 Å². The van der Waals surface area contributed by atoms with Crippen LogP contribution in [0.3, 0.4) is 0 Å². The average molecular weight is 312 g/mol. The van der Waals surface area contributed by atoms with E-state index in [0.29, 0.717) is 12.6 Å². The maximum absolute atomic E-state index is 12.4. The molecule has 1 N–H and O–H groups in total. The lowest BCUT2D eigenvalue weighted by atomic mass is 10.2. The molecule has 0 aromatic heterocycles. The lowest BCUT2D eigenvalue weighted by molar-refractivity contribution is -0.119. The monoisotopic (exact) mass is 311 g/mol. The smallest absolute Gasteiger partial charge is 0.240 e. The van der Waals surface area contributed by atoms with E-state index in [9.17, 15) is 4.79 Å². The van der Waals surface area contributed by atoms with Crippen LogP contribution < -0.4 is 10.2 Å². The van der Waals surface area contributed by atoms with Crippen LogP contribution in [0.5, 0.6) is 0 Å². The number of likely N-dealkylation sites (N-methyl/N-ethyl adjacent to an activating group) is 1. The van der Waals surface area contributed by atoms with Crippen LogP contribution in [-0.2, 0) is 4.79 Å². The van der Waals surface area contributed by atoms with Gasteiger partial charge in [0.05, 0.1) is 6.54 Å². The Labute approximate surface area is 133 Å². The summed E-state index contributed by atoms with van der Waals surface area (Å²) in [5.41, 5.74) is 0.957. The number of carbonyl (C=O) groups excluding carboxylic acids is 1. The molecule has 21 heavy (non-hydrogen) atoms. The first-order valence-corrected chi connectivity index (χ1v) is 7.48. The Morgan fingerprint density at radius 1 is 1.33 bits per heavy atom. The summed E-state index contributed by atoms with van der Waals surface area (Å²) in [5, 5.41) is 3.38. The maximum Gasteiger partial charge on any atom is 0.240 e. The Morgan fingerprint density at radius 2 is 2.05 bits per heavy atom. The van der Waals surface area contributed by atoms with Crippen LogP contribution in [0.25, 0.3) is 0 Å². The third-order valence-corrected chi connectivity index (χ3v) is 3.92. The van der Waals surface area contributed by atoms with E-state index in [1.54, 1.807) is 4.90 Å². The number of para-hydroxylation sites is 1. The SMILES string of the molecule is CCCN(CC(=O)N(C)c1ccccc1)C1CCNC1.Cl. The number of nitrogens with one attached hydrogen (secondary N) is 1. The van der Waals surface area contributed by atoms with Gasteiger partial charge in [0.15, 0.2) is 0 Å². The predicted molar refractivity (Wildman–Crippen MR) is 90.2 cm³/mol. The highest BCUT2D eigenvalue weighted by molar-refractivity contribution is 5.94. The van der Waals surface area contributed by atoms with Crippen molar-refractivity contribution in [3.05, 3.63) is 30.3 Å². The zero-order valence-corrected chi connectivity index (χ0v) is 13.7. The molecule has 1 heterocycles. The van der Waals surface area contributed by atoms with Crippen molar-refractivity contribution in [3.63, 3.8) is 0 Å². The summed E-state index contributed by atoms with van der Waals surface area (Å²) in [7, 11) is 1.86. The number of hydrogen-bond acceptors (Lipinski definition) is 3. The summed E-state index contributed by atoms with van der Waals surface area (Å²) in [6.07, 6.45) is 2.22. The third kappa shape index (κ3) is 4.99. The Morgan fingerprint density at radius 3 is 2.62 bits per heavy atom. The highest BCUT2D eigenvalue weighted by Gasteiger charge is 2.24. The summed E-state index contributed by atoms with van der Waals surface area (Å²) in [6.45, 7) is 5.73. The van der Waals surface area contributed by atoms with E-state index < -0.39 is 0 Å². The molecule has 5 heteroatoms. The second kappa shape index (κ2) is 9.03. The molecule has 0 aliphatic carbocycles. The lowest BCUT2D eigenvalue weighted by Crippen LogP contribution is -2.44. The molecule has 1 aromatic carbocycles. The molecule has 1 aliphatic heterocycles. The van der Waals surface area contributed by atoms with Crippen molar-refractivity contribution in [3.8, 4) is 0 Å². The molecule has 1 aromatic rings. The molecule has 0 bridgehead atoms. The van der Waals surface area contributed by atoms with Crippen LogP contribution >= 0.6 is 12.4 Å². The summed E-state index contributed by atoms with van der Waals surface area (Å²) in [6, 6.07) is 10.3. The molecule has 0 saturated carbocycles. The van der Waals surface area contributed by atoms with E-state index >= 15 is 0 Å². The van der Waals surface area contributed by atoms with Crippen LogP contribution in [0.1, 0.15) is 19.8 Å². The molecule has 1 saturated heterocycles. The van der Waals surface area contributed by atoms with Gasteiger partial charge in [-0.05, 0) is 38.1 Å². The van der Waals surface area contributed by atoms with E-state index in [1.807, 2.05) is 37.4 Å². The van der Waals surface area contributed by atoms with Crippen molar-refractivity contribution in [2.45, 2.75) is 25.8 Å². The van der Waals surface area contributed by atoms with Crippen LogP contribution in [0.4, 0.5) is 5.69 Å². The highest BCUT2D eigenvalue weighted by atomic mass is 35.5. The van der Waals surface area contributed by atoms with Crippen molar-refractivity contribution in [2.24, 2.45) is 0 Å². The zero-order valence-electron chi connectivity index (χ0n) is 12.9. The Kier molecular flexibility index (Phi) is 7.72. The number of halogens is 1. The second-order valence-electron chi connectivity index (χ2n) is 5.41. The first kappa shape index (κ1) is 18.0. The van der Waals surface area contributed by atoms with E-state index in [2.05, 4.69) is 17.1 Å². The maximum atomic E-state index is 12.4. The summed E-state index contributed by atoms with van der Waals surface area (Å²) >= 11 is 0. The molecule has 0 spiro atoms. The van der Waals surface area contributed by atoms with E-state index in [4.69, 9.17) is 0 Å². The molecule has 0 radical (unpaired) electrons. The number of amides is 1. The van der Waals surface area contributed by atoms with Crippen molar-refractivity contribution < 1.29 is 4.79 Å². The van der Waals surface area contributed by atoms with Crippen LogP contribution in [0.2, 0.25) is 0 Å². The van der Waals surface area contributed by atoms with Gasteiger partial charge in [-0.3, -0.25) is 9.69 Å². The number of hydrogen-bond donors (Lipinski definition) is 1. The average Bonchev–Trinajstić information content (AvgIpc) is 3.01. The standard InChI is InChI=1S/C16H25N3O.ClH/c1-3-11-19(15-9-10-17-12-15)13-16(20)18(2)14-7-5-4-6-8-14;/h4-8,15,17H,3,9-13H2,1-2H3;1H. The summed E-state index contributed by atoms with van der Waals surface area (Å²) in [4.78, 5) is 16.5. The fourth-order valence-corrected chi connectivity index (χ4v) is 2.70. The molecule has 1 amide bonds. The molecule has 1 aliphatic rings. The normalized spacial score (nSPS) is 17.6. The number of anilines is 1. The number of carbonyl (C=O) groups is 1. The quantitative estimate of drug-likeness (QED) is 0.874. The molecule has 118 valence electrons. The van der Waals surface area contributed by atoms with Gasteiger partial charge >= 0.3 is 0 Å². The number of rotatable bonds is 6. The van der Waals surface area contributed by atoms with Gasteiger partial charge in [-0.15, -0.1) is 12.4 Å². The van der Waals surface area contributed by atoms with Gasteiger partial charge < -0.3 is 10.2 Å². The fraction of sp³-hybridized carbons (Fsp3) is 0.562. The Bertz CT molecular complexity index is 421. The molecule has 4 nitrogen and oxygen atoms in total. The number of nitrogens with zero attached hydrogens (tertiary/aromatic N) is 2. The number of benzene rings is 1. The van der Waals surface area contributed by atoms with Gasteiger partial charge in [0.1, 0.15) is 0 Å². The first-order valence-electron chi connectivity index (χ1n) is 7.48. The largest absolute Gasteiger partial charge is 0.315 e. The van der Waals surface area contributed by atoms with Crippen molar-refractivity contribution in [1.29, 1.82) is 0 Å². The van der Waals surface area contributed by atoms with Gasteiger partial charge in [0, 0.05) is 25.3 Å². The van der Waals surface area contributed by atoms with Crippen LogP contribution in [-0.4, -0.2) is 50.1 Å². The van der Waals surface area contributed by atoms with Crippen molar-refractivity contribution >= 4 is 24.0 Å². The Balaban J connectivity index is 0.00000220.